The van der Waals surface area contributed by atoms with Crippen LogP contribution in [-0.4, -0.2) is 20.9 Å². The molecular formula is C11H20N4O. The summed E-state index contributed by atoms with van der Waals surface area (Å²) >= 11 is 0. The molecule has 1 amide bonds. The molecule has 16 heavy (non-hydrogen) atoms. The molecule has 0 saturated heterocycles. The monoisotopic (exact) mass is 224 g/mol. The van der Waals surface area contributed by atoms with Crippen LogP contribution in [0.2, 0.25) is 0 Å². The molecule has 0 bridgehead atoms. The highest BCUT2D eigenvalue weighted by Crippen LogP contribution is 1.99. The van der Waals surface area contributed by atoms with Gasteiger partial charge in [-0.2, -0.15) is 0 Å². The summed E-state index contributed by atoms with van der Waals surface area (Å²) in [4.78, 5) is 11.4. The summed E-state index contributed by atoms with van der Waals surface area (Å²) in [5.74, 6) is 0.454. The first-order chi connectivity index (χ1) is 7.61. The number of carbonyl (C=O) groups is 1. The largest absolute Gasteiger partial charge is 0.350 e. The highest BCUT2D eigenvalue weighted by atomic mass is 16.1. The van der Waals surface area contributed by atoms with Crippen molar-refractivity contribution >= 4 is 5.91 Å². The fourth-order valence-corrected chi connectivity index (χ4v) is 1.39. The summed E-state index contributed by atoms with van der Waals surface area (Å²) in [7, 11) is 0. The van der Waals surface area contributed by atoms with Gasteiger partial charge in [0.25, 0.3) is 0 Å². The van der Waals surface area contributed by atoms with Crippen molar-refractivity contribution in [1.82, 2.24) is 20.3 Å². The van der Waals surface area contributed by atoms with Gasteiger partial charge in [0, 0.05) is 13.0 Å². The number of aryl methyl sites for hydroxylation is 1. The van der Waals surface area contributed by atoms with E-state index in [1.54, 1.807) is 4.68 Å². The highest BCUT2D eigenvalue weighted by Gasteiger charge is 2.05. The minimum atomic E-state index is 0.0695. The van der Waals surface area contributed by atoms with Crippen molar-refractivity contribution in [2.45, 2.75) is 46.7 Å². The van der Waals surface area contributed by atoms with Crippen LogP contribution in [0.1, 0.15) is 39.3 Å². The van der Waals surface area contributed by atoms with E-state index in [1.807, 2.05) is 20.0 Å². The molecular weight excluding hydrogens is 204 g/mol. The molecule has 0 unspecified atom stereocenters. The molecule has 0 radical (unpaired) electrons. The molecule has 0 atom stereocenters. The topological polar surface area (TPSA) is 59.8 Å². The summed E-state index contributed by atoms with van der Waals surface area (Å²) in [5.41, 5.74) is 0.811. The predicted molar refractivity (Wildman–Crippen MR) is 61.6 cm³/mol. The summed E-state index contributed by atoms with van der Waals surface area (Å²) in [5, 5.41) is 10.8. The van der Waals surface area contributed by atoms with Crippen LogP contribution in [0.25, 0.3) is 0 Å². The Labute approximate surface area is 96.2 Å². The molecule has 0 aliphatic rings. The van der Waals surface area contributed by atoms with Gasteiger partial charge in [-0.1, -0.05) is 26.0 Å². The van der Waals surface area contributed by atoms with E-state index in [0.717, 1.165) is 18.7 Å². The highest BCUT2D eigenvalue weighted by molar-refractivity contribution is 5.75. The number of carbonyl (C=O) groups excluding carboxylic acids is 1. The van der Waals surface area contributed by atoms with E-state index in [0.29, 0.717) is 18.9 Å². The van der Waals surface area contributed by atoms with Gasteiger partial charge in [-0.25, -0.2) is 0 Å². The molecule has 1 N–H and O–H groups in total. The van der Waals surface area contributed by atoms with Crippen molar-refractivity contribution in [2.24, 2.45) is 5.92 Å². The minimum absolute atomic E-state index is 0.0695. The normalized spacial score (nSPS) is 10.8. The molecule has 5 nitrogen and oxygen atoms in total. The van der Waals surface area contributed by atoms with Crippen LogP contribution in [0.3, 0.4) is 0 Å². The van der Waals surface area contributed by atoms with E-state index in [9.17, 15) is 4.79 Å². The van der Waals surface area contributed by atoms with E-state index >= 15 is 0 Å². The van der Waals surface area contributed by atoms with E-state index in [2.05, 4.69) is 22.6 Å². The molecule has 1 aromatic rings. The van der Waals surface area contributed by atoms with Crippen LogP contribution in [0.15, 0.2) is 6.20 Å². The Balaban J connectivity index is 2.33. The zero-order chi connectivity index (χ0) is 12.0. The lowest BCUT2D eigenvalue weighted by Crippen LogP contribution is -2.24. The Kier molecular flexibility index (Phi) is 4.95. The third kappa shape index (κ3) is 4.42. The second-order valence-electron chi connectivity index (χ2n) is 4.35. The molecule has 1 heterocycles. The lowest BCUT2D eigenvalue weighted by atomic mass is 10.1. The Hall–Kier alpha value is -1.39. The first kappa shape index (κ1) is 12.7. The van der Waals surface area contributed by atoms with Gasteiger partial charge in [0.15, 0.2) is 0 Å². The van der Waals surface area contributed by atoms with Gasteiger partial charge in [-0.3, -0.25) is 9.48 Å². The molecule has 0 spiro atoms. The first-order valence-corrected chi connectivity index (χ1v) is 5.77. The maximum Gasteiger partial charge on any atom is 0.220 e. The van der Waals surface area contributed by atoms with E-state index in [-0.39, 0.29) is 5.91 Å². The number of nitrogens with zero attached hydrogens (tertiary/aromatic N) is 3. The van der Waals surface area contributed by atoms with Gasteiger partial charge in [-0.05, 0) is 12.3 Å². The standard InChI is InChI=1S/C11H20N4O/c1-4-5-15-8-10(13-14-15)7-12-11(16)6-9(2)3/h8-9H,4-7H2,1-3H3,(H,12,16). The second-order valence-corrected chi connectivity index (χ2v) is 4.35. The van der Waals surface area contributed by atoms with E-state index < -0.39 is 0 Å². The van der Waals surface area contributed by atoms with Crippen LogP contribution in [-0.2, 0) is 17.9 Å². The average molecular weight is 224 g/mol. The van der Waals surface area contributed by atoms with Crippen molar-refractivity contribution in [1.29, 1.82) is 0 Å². The quantitative estimate of drug-likeness (QED) is 0.793. The van der Waals surface area contributed by atoms with Crippen molar-refractivity contribution in [3.63, 3.8) is 0 Å². The smallest absolute Gasteiger partial charge is 0.220 e. The molecule has 0 aliphatic heterocycles. The van der Waals surface area contributed by atoms with Crippen LogP contribution < -0.4 is 5.32 Å². The molecule has 5 heteroatoms. The van der Waals surface area contributed by atoms with Gasteiger partial charge in [-0.15, -0.1) is 5.10 Å². The summed E-state index contributed by atoms with van der Waals surface area (Å²) in [6.07, 6.45) is 3.46. The van der Waals surface area contributed by atoms with Gasteiger partial charge >= 0.3 is 0 Å². The number of hydrogen-bond acceptors (Lipinski definition) is 3. The molecule has 1 rings (SSSR count). The number of rotatable bonds is 6. The third-order valence-corrected chi connectivity index (χ3v) is 2.10. The van der Waals surface area contributed by atoms with Crippen molar-refractivity contribution in [3.8, 4) is 0 Å². The fraction of sp³-hybridized carbons (Fsp3) is 0.727. The van der Waals surface area contributed by atoms with Crippen molar-refractivity contribution in [2.75, 3.05) is 0 Å². The summed E-state index contributed by atoms with van der Waals surface area (Å²) in [6, 6.07) is 0. The number of aromatic nitrogens is 3. The number of amides is 1. The maximum absolute atomic E-state index is 11.4. The van der Waals surface area contributed by atoms with Gasteiger partial charge in [0.1, 0.15) is 5.69 Å². The Morgan fingerprint density at radius 3 is 2.94 bits per heavy atom. The summed E-state index contributed by atoms with van der Waals surface area (Å²) in [6.45, 7) is 7.47. The Morgan fingerprint density at radius 2 is 2.31 bits per heavy atom. The number of nitrogens with one attached hydrogen (secondary N) is 1. The Bertz CT molecular complexity index is 332. The van der Waals surface area contributed by atoms with Gasteiger partial charge in [0.05, 0.1) is 12.7 Å². The SMILES string of the molecule is CCCn1cc(CNC(=O)CC(C)C)nn1. The molecule has 1 aromatic heterocycles. The zero-order valence-electron chi connectivity index (χ0n) is 10.2. The molecule has 0 aromatic carbocycles. The summed E-state index contributed by atoms with van der Waals surface area (Å²) < 4.78 is 1.80. The van der Waals surface area contributed by atoms with Gasteiger partial charge in [0.2, 0.25) is 5.91 Å². The van der Waals surface area contributed by atoms with Crippen LogP contribution >= 0.6 is 0 Å². The molecule has 0 saturated carbocycles. The van der Waals surface area contributed by atoms with E-state index in [4.69, 9.17) is 0 Å². The molecule has 0 fully saturated rings. The van der Waals surface area contributed by atoms with Gasteiger partial charge < -0.3 is 5.32 Å². The molecule has 90 valence electrons. The lowest BCUT2D eigenvalue weighted by molar-refractivity contribution is -0.121. The van der Waals surface area contributed by atoms with Crippen LogP contribution in [0.5, 0.6) is 0 Å². The minimum Gasteiger partial charge on any atom is -0.350 e. The fourth-order valence-electron chi connectivity index (χ4n) is 1.39. The predicted octanol–water partition coefficient (Wildman–Crippen LogP) is 1.35. The van der Waals surface area contributed by atoms with E-state index in [1.165, 1.54) is 0 Å². The second kappa shape index (κ2) is 6.25. The van der Waals surface area contributed by atoms with Crippen LogP contribution in [0.4, 0.5) is 0 Å². The van der Waals surface area contributed by atoms with Crippen molar-refractivity contribution in [3.05, 3.63) is 11.9 Å². The number of hydrogen-bond donors (Lipinski definition) is 1. The zero-order valence-corrected chi connectivity index (χ0v) is 10.2. The van der Waals surface area contributed by atoms with Crippen molar-refractivity contribution < 1.29 is 4.79 Å². The van der Waals surface area contributed by atoms with Crippen LogP contribution in [0, 0.1) is 5.92 Å². The average Bonchev–Trinajstić information content (AvgIpc) is 2.62. The maximum atomic E-state index is 11.4. The first-order valence-electron chi connectivity index (χ1n) is 5.77. The third-order valence-electron chi connectivity index (χ3n) is 2.10. The Morgan fingerprint density at radius 1 is 1.56 bits per heavy atom. The molecule has 0 aliphatic carbocycles. The lowest BCUT2D eigenvalue weighted by Gasteiger charge is -2.04.